The van der Waals surface area contributed by atoms with Crippen LogP contribution < -0.4 is 0 Å². The van der Waals surface area contributed by atoms with Crippen molar-refractivity contribution < 1.29 is 9.18 Å². The standard InChI is InChI=1S/C13H6Br2ClFO/c14-9-5-4-7(6-11(9)16)13(18)8-2-1-3-10(15)12(8)17/h1-6H. The van der Waals surface area contributed by atoms with Gasteiger partial charge in [0, 0.05) is 10.0 Å². The van der Waals surface area contributed by atoms with Crippen LogP contribution in [0, 0.1) is 5.82 Å². The fourth-order valence-electron chi connectivity index (χ4n) is 1.47. The molecule has 0 aliphatic rings. The summed E-state index contributed by atoms with van der Waals surface area (Å²) in [6.07, 6.45) is 0. The van der Waals surface area contributed by atoms with E-state index in [1.807, 2.05) is 0 Å². The molecular formula is C13H6Br2ClFO. The van der Waals surface area contributed by atoms with E-state index in [0.29, 0.717) is 15.1 Å². The number of carbonyl (C=O) groups excluding carboxylic acids is 1. The molecule has 0 aliphatic heterocycles. The zero-order chi connectivity index (χ0) is 13.3. The lowest BCUT2D eigenvalue weighted by atomic mass is 10.0. The maximum Gasteiger partial charge on any atom is 0.196 e. The van der Waals surface area contributed by atoms with Crippen LogP contribution in [0.4, 0.5) is 4.39 Å². The molecule has 92 valence electrons. The van der Waals surface area contributed by atoms with Crippen LogP contribution in [0.2, 0.25) is 5.02 Å². The highest BCUT2D eigenvalue weighted by molar-refractivity contribution is 9.10. The van der Waals surface area contributed by atoms with Gasteiger partial charge < -0.3 is 0 Å². The molecule has 18 heavy (non-hydrogen) atoms. The zero-order valence-electron chi connectivity index (χ0n) is 8.88. The molecular weight excluding hydrogens is 386 g/mol. The molecule has 5 heteroatoms. The summed E-state index contributed by atoms with van der Waals surface area (Å²) in [6.45, 7) is 0. The molecule has 2 aromatic carbocycles. The number of rotatable bonds is 2. The van der Waals surface area contributed by atoms with Crippen molar-refractivity contribution in [2.24, 2.45) is 0 Å². The number of carbonyl (C=O) groups is 1. The van der Waals surface area contributed by atoms with Gasteiger partial charge >= 0.3 is 0 Å². The third-order valence-electron chi connectivity index (χ3n) is 2.38. The maximum atomic E-state index is 13.8. The van der Waals surface area contributed by atoms with E-state index >= 15 is 0 Å². The predicted octanol–water partition coefficient (Wildman–Crippen LogP) is 5.24. The highest BCUT2D eigenvalue weighted by Gasteiger charge is 2.16. The van der Waals surface area contributed by atoms with Crippen molar-refractivity contribution >= 4 is 49.2 Å². The smallest absolute Gasteiger partial charge is 0.196 e. The van der Waals surface area contributed by atoms with Crippen molar-refractivity contribution in [3.8, 4) is 0 Å². The first-order chi connectivity index (χ1) is 8.50. The third kappa shape index (κ3) is 2.66. The van der Waals surface area contributed by atoms with Gasteiger partial charge in [-0.25, -0.2) is 4.39 Å². The molecule has 0 fully saturated rings. The average Bonchev–Trinajstić information content (AvgIpc) is 2.35. The largest absolute Gasteiger partial charge is 0.288 e. The SMILES string of the molecule is O=C(c1ccc(Br)c(Cl)c1)c1cccc(Br)c1F. The molecule has 0 saturated heterocycles. The zero-order valence-corrected chi connectivity index (χ0v) is 12.8. The molecule has 0 saturated carbocycles. The molecule has 1 nitrogen and oxygen atoms in total. The fourth-order valence-corrected chi connectivity index (χ4v) is 2.27. The maximum absolute atomic E-state index is 13.8. The Morgan fingerprint density at radius 1 is 1.11 bits per heavy atom. The Hall–Kier alpha value is -0.710. The van der Waals surface area contributed by atoms with Gasteiger partial charge in [-0.15, -0.1) is 0 Å². The molecule has 0 aromatic heterocycles. The summed E-state index contributed by atoms with van der Waals surface area (Å²) in [5.74, 6) is -0.968. The number of hydrogen-bond acceptors (Lipinski definition) is 1. The van der Waals surface area contributed by atoms with E-state index in [-0.39, 0.29) is 10.0 Å². The third-order valence-corrected chi connectivity index (χ3v) is 4.22. The van der Waals surface area contributed by atoms with Gasteiger partial charge in [-0.05, 0) is 62.2 Å². The summed E-state index contributed by atoms with van der Waals surface area (Å²) < 4.78 is 14.8. The molecule has 0 radical (unpaired) electrons. The molecule has 0 atom stereocenters. The monoisotopic (exact) mass is 390 g/mol. The Balaban J connectivity index is 2.48. The van der Waals surface area contributed by atoms with Crippen molar-refractivity contribution in [2.45, 2.75) is 0 Å². The highest BCUT2D eigenvalue weighted by atomic mass is 79.9. The molecule has 0 heterocycles. The summed E-state index contributed by atoms with van der Waals surface area (Å²) >= 11 is 12.2. The van der Waals surface area contributed by atoms with Crippen molar-refractivity contribution in [1.82, 2.24) is 0 Å². The van der Waals surface area contributed by atoms with Crippen LogP contribution in [-0.4, -0.2) is 5.78 Å². The molecule has 0 bridgehead atoms. The van der Waals surface area contributed by atoms with Crippen molar-refractivity contribution in [1.29, 1.82) is 0 Å². The molecule has 0 aliphatic carbocycles. The van der Waals surface area contributed by atoms with E-state index in [1.165, 1.54) is 12.1 Å². The topological polar surface area (TPSA) is 17.1 Å². The molecule has 2 aromatic rings. The van der Waals surface area contributed by atoms with Gasteiger partial charge in [0.1, 0.15) is 5.82 Å². The van der Waals surface area contributed by atoms with Gasteiger partial charge in [0.2, 0.25) is 0 Å². The Morgan fingerprint density at radius 2 is 1.83 bits per heavy atom. The van der Waals surface area contributed by atoms with Gasteiger partial charge in [0.05, 0.1) is 15.1 Å². The van der Waals surface area contributed by atoms with Crippen LogP contribution in [0.15, 0.2) is 45.3 Å². The first-order valence-corrected chi connectivity index (χ1v) is 6.91. The van der Waals surface area contributed by atoms with Crippen molar-refractivity contribution in [2.75, 3.05) is 0 Å². The van der Waals surface area contributed by atoms with E-state index in [9.17, 15) is 9.18 Å². The Bertz CT molecular complexity index is 628. The Labute approximate surface area is 125 Å². The van der Waals surface area contributed by atoms with Gasteiger partial charge in [0.25, 0.3) is 0 Å². The average molecular weight is 392 g/mol. The number of halogens is 4. The molecule has 2 rings (SSSR count). The quantitative estimate of drug-likeness (QED) is 0.639. The summed E-state index contributed by atoms with van der Waals surface area (Å²) in [5.41, 5.74) is 0.364. The second-order valence-electron chi connectivity index (χ2n) is 3.56. The predicted molar refractivity (Wildman–Crippen MR) is 76.7 cm³/mol. The Morgan fingerprint density at radius 3 is 2.50 bits per heavy atom. The lowest BCUT2D eigenvalue weighted by molar-refractivity contribution is 0.103. The minimum absolute atomic E-state index is 0.0164. The fraction of sp³-hybridized carbons (Fsp3) is 0. The van der Waals surface area contributed by atoms with E-state index in [1.54, 1.807) is 24.3 Å². The number of ketones is 1. The minimum Gasteiger partial charge on any atom is -0.288 e. The van der Waals surface area contributed by atoms with Crippen molar-refractivity contribution in [3.63, 3.8) is 0 Å². The van der Waals surface area contributed by atoms with E-state index in [0.717, 1.165) is 0 Å². The molecule has 0 amide bonds. The van der Waals surface area contributed by atoms with Crippen molar-refractivity contribution in [3.05, 3.63) is 67.3 Å². The van der Waals surface area contributed by atoms with E-state index in [2.05, 4.69) is 31.9 Å². The summed E-state index contributed by atoms with van der Waals surface area (Å²) in [7, 11) is 0. The summed E-state index contributed by atoms with van der Waals surface area (Å²) in [5, 5.41) is 0.413. The van der Waals surface area contributed by atoms with Crippen LogP contribution in [0.25, 0.3) is 0 Å². The number of benzene rings is 2. The van der Waals surface area contributed by atoms with E-state index < -0.39 is 11.6 Å². The highest BCUT2D eigenvalue weighted by Crippen LogP contribution is 2.26. The second-order valence-corrected chi connectivity index (χ2v) is 5.68. The van der Waals surface area contributed by atoms with Crippen LogP contribution >= 0.6 is 43.5 Å². The van der Waals surface area contributed by atoms with Gasteiger partial charge in [-0.3, -0.25) is 4.79 Å². The van der Waals surface area contributed by atoms with Crippen LogP contribution in [-0.2, 0) is 0 Å². The lowest BCUT2D eigenvalue weighted by Gasteiger charge is -2.05. The molecule has 0 unspecified atom stereocenters. The summed E-state index contributed by atoms with van der Waals surface area (Å²) in [4.78, 5) is 12.1. The minimum atomic E-state index is -0.568. The second kappa shape index (κ2) is 5.51. The van der Waals surface area contributed by atoms with Crippen LogP contribution in [0.1, 0.15) is 15.9 Å². The molecule has 0 spiro atoms. The molecule has 0 N–H and O–H groups in total. The normalized spacial score (nSPS) is 10.4. The first kappa shape index (κ1) is 13.7. The lowest BCUT2D eigenvalue weighted by Crippen LogP contribution is -2.04. The van der Waals surface area contributed by atoms with Gasteiger partial charge in [-0.1, -0.05) is 17.7 Å². The van der Waals surface area contributed by atoms with Gasteiger partial charge in [-0.2, -0.15) is 0 Å². The van der Waals surface area contributed by atoms with E-state index in [4.69, 9.17) is 11.6 Å². The van der Waals surface area contributed by atoms with Crippen LogP contribution in [0.5, 0.6) is 0 Å². The Kier molecular flexibility index (Phi) is 4.20. The number of hydrogen-bond donors (Lipinski definition) is 0. The first-order valence-electron chi connectivity index (χ1n) is 4.94. The van der Waals surface area contributed by atoms with Crippen LogP contribution in [0.3, 0.4) is 0 Å². The summed E-state index contributed by atoms with van der Waals surface area (Å²) in [6, 6.07) is 9.36. The van der Waals surface area contributed by atoms with Gasteiger partial charge in [0.15, 0.2) is 5.78 Å².